The molecule has 0 unspecified atom stereocenters. The fraction of sp³-hybridized carbons (Fsp3) is 0.217. The van der Waals surface area contributed by atoms with Gasteiger partial charge in [-0.1, -0.05) is 42.1 Å². The summed E-state index contributed by atoms with van der Waals surface area (Å²) in [6.07, 6.45) is 2.49. The SMILES string of the molecule is COc1cc(-c2nc(SC)[nH]c(=O)c2C#N)cc(Br)c1OCC(=O)NCCc1ccccc1. The van der Waals surface area contributed by atoms with Crippen molar-refractivity contribution in [3.63, 3.8) is 0 Å². The van der Waals surface area contributed by atoms with E-state index in [0.717, 1.165) is 12.0 Å². The third-order valence-electron chi connectivity index (χ3n) is 4.63. The van der Waals surface area contributed by atoms with E-state index in [4.69, 9.17) is 9.47 Å². The Bertz CT molecular complexity index is 1240. The van der Waals surface area contributed by atoms with Crippen LogP contribution in [-0.4, -0.2) is 42.4 Å². The predicted molar refractivity (Wildman–Crippen MR) is 130 cm³/mol. The molecule has 1 aromatic heterocycles. The monoisotopic (exact) mass is 528 g/mol. The van der Waals surface area contributed by atoms with Crippen molar-refractivity contribution in [1.29, 1.82) is 5.26 Å². The maximum atomic E-state index is 12.2. The minimum Gasteiger partial charge on any atom is -0.493 e. The zero-order chi connectivity index (χ0) is 23.8. The van der Waals surface area contributed by atoms with Crippen molar-refractivity contribution in [2.45, 2.75) is 11.6 Å². The molecular formula is C23H21BrN4O4S. The molecule has 0 aliphatic carbocycles. The van der Waals surface area contributed by atoms with Gasteiger partial charge in [0, 0.05) is 12.1 Å². The van der Waals surface area contributed by atoms with Crippen molar-refractivity contribution in [3.8, 4) is 28.8 Å². The number of carbonyl (C=O) groups is 1. The van der Waals surface area contributed by atoms with E-state index in [-0.39, 0.29) is 23.8 Å². The van der Waals surface area contributed by atoms with E-state index in [2.05, 4.69) is 31.2 Å². The van der Waals surface area contributed by atoms with Gasteiger partial charge in [-0.15, -0.1) is 0 Å². The molecule has 33 heavy (non-hydrogen) atoms. The van der Waals surface area contributed by atoms with Crippen LogP contribution in [0.15, 0.2) is 56.9 Å². The molecule has 8 nitrogen and oxygen atoms in total. The average Bonchev–Trinajstić information content (AvgIpc) is 2.82. The standard InChI is InChI=1S/C23H21BrN4O4S/c1-31-18-11-15(20-16(12-25)22(30)28-23(27-20)33-2)10-17(24)21(18)32-13-19(29)26-9-8-14-6-4-3-5-7-14/h3-7,10-11H,8-9,13H2,1-2H3,(H,26,29)(H,27,28,30). The van der Waals surface area contributed by atoms with Crippen LogP contribution in [0.2, 0.25) is 0 Å². The van der Waals surface area contributed by atoms with Gasteiger partial charge in [-0.25, -0.2) is 4.98 Å². The van der Waals surface area contributed by atoms with Gasteiger partial charge in [-0.3, -0.25) is 9.59 Å². The number of methoxy groups -OCH3 is 1. The second-order valence-electron chi connectivity index (χ2n) is 6.77. The molecule has 3 aromatic rings. The van der Waals surface area contributed by atoms with Crippen molar-refractivity contribution in [2.75, 3.05) is 26.5 Å². The number of nitriles is 1. The van der Waals surface area contributed by atoms with Crippen LogP contribution >= 0.6 is 27.7 Å². The van der Waals surface area contributed by atoms with Crippen LogP contribution in [0.25, 0.3) is 11.3 Å². The predicted octanol–water partition coefficient (Wildman–Crippen LogP) is 3.54. The van der Waals surface area contributed by atoms with Gasteiger partial charge in [0.2, 0.25) is 0 Å². The van der Waals surface area contributed by atoms with Gasteiger partial charge in [0.25, 0.3) is 11.5 Å². The van der Waals surface area contributed by atoms with E-state index in [1.807, 2.05) is 36.4 Å². The smallest absolute Gasteiger partial charge is 0.270 e. The van der Waals surface area contributed by atoms with Gasteiger partial charge < -0.3 is 19.8 Å². The lowest BCUT2D eigenvalue weighted by Gasteiger charge is -2.15. The van der Waals surface area contributed by atoms with Crippen molar-refractivity contribution < 1.29 is 14.3 Å². The molecule has 10 heteroatoms. The number of H-pyrrole nitrogens is 1. The Morgan fingerprint density at radius 1 is 1.30 bits per heavy atom. The highest BCUT2D eigenvalue weighted by molar-refractivity contribution is 9.10. The van der Waals surface area contributed by atoms with Gasteiger partial charge in [0.05, 0.1) is 17.3 Å². The highest BCUT2D eigenvalue weighted by atomic mass is 79.9. The highest BCUT2D eigenvalue weighted by Gasteiger charge is 2.19. The molecule has 0 atom stereocenters. The maximum absolute atomic E-state index is 12.2. The minimum atomic E-state index is -0.519. The third-order valence-corrected chi connectivity index (χ3v) is 5.80. The molecule has 3 rings (SSSR count). The first kappa shape index (κ1) is 24.4. The normalized spacial score (nSPS) is 10.4. The van der Waals surface area contributed by atoms with Crippen molar-refractivity contribution in [1.82, 2.24) is 15.3 Å². The lowest BCUT2D eigenvalue weighted by molar-refractivity contribution is -0.123. The number of aromatic amines is 1. The van der Waals surface area contributed by atoms with Crippen molar-refractivity contribution in [2.24, 2.45) is 0 Å². The van der Waals surface area contributed by atoms with E-state index in [0.29, 0.717) is 33.2 Å². The first-order valence-electron chi connectivity index (χ1n) is 9.86. The Labute approximate surface area is 203 Å². The number of nitrogens with zero attached hydrogens (tertiary/aromatic N) is 2. The molecule has 0 aliphatic rings. The van der Waals surface area contributed by atoms with Crippen molar-refractivity contribution in [3.05, 3.63) is 68.4 Å². The van der Waals surface area contributed by atoms with Gasteiger partial charge in [-0.2, -0.15) is 5.26 Å². The number of thioether (sulfide) groups is 1. The van der Waals surface area contributed by atoms with Crippen LogP contribution in [0, 0.1) is 11.3 Å². The Morgan fingerprint density at radius 2 is 2.06 bits per heavy atom. The Kier molecular flexibility index (Phi) is 8.52. The van der Waals surface area contributed by atoms with Gasteiger partial charge in [0.15, 0.2) is 23.3 Å². The molecule has 0 saturated heterocycles. The highest BCUT2D eigenvalue weighted by Crippen LogP contribution is 2.39. The fourth-order valence-electron chi connectivity index (χ4n) is 3.04. The quantitative estimate of drug-likeness (QED) is 0.322. The minimum absolute atomic E-state index is 0.104. The molecule has 0 saturated carbocycles. The summed E-state index contributed by atoms with van der Waals surface area (Å²) in [6.45, 7) is 0.290. The zero-order valence-electron chi connectivity index (χ0n) is 18.0. The van der Waals surface area contributed by atoms with E-state index in [9.17, 15) is 14.9 Å². The molecule has 170 valence electrons. The topological polar surface area (TPSA) is 117 Å². The first-order valence-corrected chi connectivity index (χ1v) is 11.9. The largest absolute Gasteiger partial charge is 0.493 e. The summed E-state index contributed by atoms with van der Waals surface area (Å²) < 4.78 is 11.6. The molecular weight excluding hydrogens is 508 g/mol. The summed E-state index contributed by atoms with van der Waals surface area (Å²) in [6, 6.07) is 15.0. The number of ether oxygens (including phenoxy) is 2. The van der Waals surface area contributed by atoms with E-state index < -0.39 is 5.56 Å². The summed E-state index contributed by atoms with van der Waals surface area (Å²) >= 11 is 4.69. The number of nitrogens with one attached hydrogen (secondary N) is 2. The summed E-state index contributed by atoms with van der Waals surface area (Å²) in [5.74, 6) is 0.387. The second kappa shape index (κ2) is 11.5. The van der Waals surface area contributed by atoms with E-state index in [1.54, 1.807) is 18.4 Å². The molecule has 2 aromatic carbocycles. The number of rotatable bonds is 9. The lowest BCUT2D eigenvalue weighted by Crippen LogP contribution is -2.30. The zero-order valence-corrected chi connectivity index (χ0v) is 20.4. The number of aromatic nitrogens is 2. The molecule has 0 spiro atoms. The van der Waals surface area contributed by atoms with Crippen LogP contribution in [0.5, 0.6) is 11.5 Å². The molecule has 0 bridgehead atoms. The van der Waals surface area contributed by atoms with Gasteiger partial charge in [-0.05, 0) is 46.3 Å². The van der Waals surface area contributed by atoms with Crippen LogP contribution in [-0.2, 0) is 11.2 Å². The Hall–Kier alpha value is -3.29. The lowest BCUT2D eigenvalue weighted by atomic mass is 10.1. The number of carbonyl (C=O) groups excluding carboxylic acids is 1. The molecule has 0 fully saturated rings. The molecule has 1 heterocycles. The average molecular weight is 529 g/mol. The summed E-state index contributed by atoms with van der Waals surface area (Å²) in [7, 11) is 1.46. The van der Waals surface area contributed by atoms with Crippen LogP contribution in [0.4, 0.5) is 0 Å². The summed E-state index contributed by atoms with van der Waals surface area (Å²) in [5, 5.41) is 12.6. The number of benzene rings is 2. The number of hydrogen-bond donors (Lipinski definition) is 2. The fourth-order valence-corrected chi connectivity index (χ4v) is 3.97. The molecule has 0 radical (unpaired) electrons. The van der Waals surface area contributed by atoms with Crippen LogP contribution in [0.3, 0.4) is 0 Å². The Balaban J connectivity index is 1.75. The van der Waals surface area contributed by atoms with Crippen LogP contribution in [0.1, 0.15) is 11.1 Å². The maximum Gasteiger partial charge on any atom is 0.270 e. The molecule has 0 aliphatic heterocycles. The summed E-state index contributed by atoms with van der Waals surface area (Å²) in [5.41, 5.74) is 1.24. The molecule has 2 N–H and O–H groups in total. The summed E-state index contributed by atoms with van der Waals surface area (Å²) in [4.78, 5) is 31.4. The molecule has 1 amide bonds. The third kappa shape index (κ3) is 6.15. The number of halogens is 1. The van der Waals surface area contributed by atoms with Gasteiger partial charge >= 0.3 is 0 Å². The number of amides is 1. The first-order chi connectivity index (χ1) is 16.0. The Morgan fingerprint density at radius 3 is 2.73 bits per heavy atom. The van der Waals surface area contributed by atoms with E-state index >= 15 is 0 Å². The van der Waals surface area contributed by atoms with Crippen molar-refractivity contribution >= 4 is 33.6 Å². The van der Waals surface area contributed by atoms with E-state index in [1.165, 1.54) is 18.9 Å². The number of hydrogen-bond acceptors (Lipinski definition) is 7. The van der Waals surface area contributed by atoms with Crippen LogP contribution < -0.4 is 20.3 Å². The second-order valence-corrected chi connectivity index (χ2v) is 8.42. The van der Waals surface area contributed by atoms with Gasteiger partial charge in [0.1, 0.15) is 11.6 Å².